The highest BCUT2D eigenvalue weighted by atomic mass is 16.6. The van der Waals surface area contributed by atoms with Gasteiger partial charge in [-0.15, -0.1) is 0 Å². The van der Waals surface area contributed by atoms with Gasteiger partial charge in [0.2, 0.25) is 5.91 Å². The Bertz CT molecular complexity index is 843. The first-order valence-corrected chi connectivity index (χ1v) is 9.22. The van der Waals surface area contributed by atoms with Crippen molar-refractivity contribution in [1.82, 2.24) is 10.2 Å². The maximum Gasteiger partial charge on any atom is 0.325 e. The molecule has 0 radical (unpaired) electrons. The number of hydrogen-bond donors (Lipinski definition) is 2. The molecule has 1 aromatic rings. The van der Waals surface area contributed by atoms with Crippen LogP contribution in [-0.4, -0.2) is 60.1 Å². The number of amides is 3. The van der Waals surface area contributed by atoms with Crippen molar-refractivity contribution in [2.75, 3.05) is 18.9 Å². The number of anilines is 1. The number of nitrogens with one attached hydrogen (secondary N) is 2. The topological polar surface area (TPSA) is 122 Å². The molecule has 1 aliphatic heterocycles. The summed E-state index contributed by atoms with van der Waals surface area (Å²) in [5.41, 5.74) is -0.148. The second-order valence-corrected chi connectivity index (χ2v) is 7.52. The fourth-order valence-electron chi connectivity index (χ4n) is 3.05. The van der Waals surface area contributed by atoms with Gasteiger partial charge >= 0.3 is 5.97 Å². The number of carbonyl (C=O) groups is 5. The highest BCUT2D eigenvalue weighted by Gasteiger charge is 2.43. The average Bonchev–Trinajstić information content (AvgIpc) is 2.90. The van der Waals surface area contributed by atoms with Gasteiger partial charge in [0.1, 0.15) is 24.5 Å². The van der Waals surface area contributed by atoms with Crippen LogP contribution in [0.2, 0.25) is 0 Å². The summed E-state index contributed by atoms with van der Waals surface area (Å²) in [4.78, 5) is 61.6. The van der Waals surface area contributed by atoms with Gasteiger partial charge in [0.15, 0.2) is 0 Å². The number of imide groups is 1. The van der Waals surface area contributed by atoms with Gasteiger partial charge in [0.25, 0.3) is 11.8 Å². The minimum atomic E-state index is -1.10. The van der Waals surface area contributed by atoms with Crippen molar-refractivity contribution in [2.24, 2.45) is 0 Å². The van der Waals surface area contributed by atoms with Crippen LogP contribution in [0.4, 0.5) is 5.69 Å². The molecule has 0 saturated heterocycles. The molecule has 1 unspecified atom stereocenters. The van der Waals surface area contributed by atoms with Crippen molar-refractivity contribution in [1.29, 1.82) is 0 Å². The predicted molar refractivity (Wildman–Crippen MR) is 104 cm³/mol. The quantitative estimate of drug-likeness (QED) is 0.379. The normalized spacial score (nSPS) is 14.3. The van der Waals surface area contributed by atoms with E-state index in [0.717, 1.165) is 4.90 Å². The van der Waals surface area contributed by atoms with Gasteiger partial charge < -0.3 is 20.2 Å². The smallest absolute Gasteiger partial charge is 0.325 e. The Balaban J connectivity index is 2.29. The van der Waals surface area contributed by atoms with E-state index in [9.17, 15) is 24.0 Å². The number of rotatable bonds is 8. The molecule has 1 aromatic carbocycles. The molecule has 9 heteroatoms. The van der Waals surface area contributed by atoms with Crippen LogP contribution in [0.3, 0.4) is 0 Å². The fourth-order valence-corrected chi connectivity index (χ4v) is 3.05. The lowest BCUT2D eigenvalue weighted by Crippen LogP contribution is -2.48. The van der Waals surface area contributed by atoms with Crippen LogP contribution in [-0.2, 0) is 19.1 Å². The Morgan fingerprint density at radius 1 is 1.21 bits per heavy atom. The average molecular weight is 403 g/mol. The van der Waals surface area contributed by atoms with E-state index in [1.807, 2.05) is 0 Å². The third-order valence-corrected chi connectivity index (χ3v) is 4.21. The number of ether oxygens (including phenoxy) is 1. The Labute approximate surface area is 168 Å². The zero-order chi connectivity index (χ0) is 21.8. The zero-order valence-electron chi connectivity index (χ0n) is 16.9. The summed E-state index contributed by atoms with van der Waals surface area (Å²) in [5, 5.41) is 5.25. The maximum absolute atomic E-state index is 13.0. The maximum atomic E-state index is 13.0. The van der Waals surface area contributed by atoms with Crippen LogP contribution < -0.4 is 10.6 Å². The lowest BCUT2D eigenvalue weighted by Gasteiger charge is -2.24. The number of nitrogens with zero attached hydrogens (tertiary/aromatic N) is 1. The van der Waals surface area contributed by atoms with E-state index in [4.69, 9.17) is 4.74 Å². The summed E-state index contributed by atoms with van der Waals surface area (Å²) in [6.45, 7) is 5.02. The SMILES string of the molecule is CNC(=O)C(CCC=O)N1C(=O)c2cccc(NCC(=O)OC(C)(C)C)c2C1=O. The monoisotopic (exact) mass is 403 g/mol. The van der Waals surface area contributed by atoms with Crippen molar-refractivity contribution in [2.45, 2.75) is 45.3 Å². The third-order valence-electron chi connectivity index (χ3n) is 4.21. The number of hydrogen-bond acceptors (Lipinski definition) is 7. The minimum Gasteiger partial charge on any atom is -0.459 e. The molecule has 1 aliphatic rings. The Hall–Kier alpha value is -3.23. The van der Waals surface area contributed by atoms with Crippen LogP contribution in [0.25, 0.3) is 0 Å². The summed E-state index contributed by atoms with van der Waals surface area (Å²) in [7, 11) is 1.39. The summed E-state index contributed by atoms with van der Waals surface area (Å²) in [6, 6.07) is 3.52. The number of carbonyl (C=O) groups excluding carboxylic acids is 5. The van der Waals surface area contributed by atoms with Crippen LogP contribution in [0.15, 0.2) is 18.2 Å². The highest BCUT2D eigenvalue weighted by Crippen LogP contribution is 2.31. The van der Waals surface area contributed by atoms with Crippen molar-refractivity contribution in [3.05, 3.63) is 29.3 Å². The predicted octanol–water partition coefficient (Wildman–Crippen LogP) is 1.13. The van der Waals surface area contributed by atoms with E-state index in [1.165, 1.54) is 13.1 Å². The molecule has 3 amide bonds. The lowest BCUT2D eigenvalue weighted by atomic mass is 10.1. The van der Waals surface area contributed by atoms with Crippen LogP contribution >= 0.6 is 0 Å². The summed E-state index contributed by atoms with van der Waals surface area (Å²) >= 11 is 0. The first-order valence-electron chi connectivity index (χ1n) is 9.22. The Morgan fingerprint density at radius 2 is 1.90 bits per heavy atom. The van der Waals surface area contributed by atoms with Crippen molar-refractivity contribution in [3.8, 4) is 0 Å². The van der Waals surface area contributed by atoms with Gasteiger partial charge in [-0.25, -0.2) is 0 Å². The molecule has 0 aliphatic carbocycles. The van der Waals surface area contributed by atoms with Crippen molar-refractivity contribution in [3.63, 3.8) is 0 Å². The summed E-state index contributed by atoms with van der Waals surface area (Å²) < 4.78 is 5.23. The van der Waals surface area contributed by atoms with Gasteiger partial charge in [-0.05, 0) is 39.3 Å². The molecule has 0 fully saturated rings. The van der Waals surface area contributed by atoms with E-state index in [1.54, 1.807) is 32.9 Å². The van der Waals surface area contributed by atoms with E-state index >= 15 is 0 Å². The van der Waals surface area contributed by atoms with Crippen molar-refractivity contribution < 1.29 is 28.7 Å². The van der Waals surface area contributed by atoms with Gasteiger partial charge in [0.05, 0.1) is 11.1 Å². The van der Waals surface area contributed by atoms with E-state index < -0.39 is 35.3 Å². The lowest BCUT2D eigenvalue weighted by molar-refractivity contribution is -0.152. The summed E-state index contributed by atoms with van der Waals surface area (Å²) in [6.07, 6.45) is 0.673. The molecule has 0 aromatic heterocycles. The van der Waals surface area contributed by atoms with Crippen LogP contribution in [0, 0.1) is 0 Å². The zero-order valence-corrected chi connectivity index (χ0v) is 16.9. The molecule has 1 atom stereocenters. The minimum absolute atomic E-state index is 0.0231. The molecule has 29 heavy (non-hydrogen) atoms. The highest BCUT2D eigenvalue weighted by molar-refractivity contribution is 6.25. The second-order valence-electron chi connectivity index (χ2n) is 7.52. The molecule has 1 heterocycles. The number of aldehydes is 1. The van der Waals surface area contributed by atoms with Crippen molar-refractivity contribution >= 4 is 35.7 Å². The molecule has 156 valence electrons. The molecule has 0 bridgehead atoms. The molecule has 2 N–H and O–H groups in total. The number of fused-ring (bicyclic) bond motifs is 1. The van der Waals surface area contributed by atoms with Gasteiger partial charge in [-0.3, -0.25) is 24.1 Å². The fraction of sp³-hybridized carbons (Fsp3) is 0.450. The largest absolute Gasteiger partial charge is 0.459 e. The standard InChI is InChI=1S/C20H25N3O6/c1-20(2,3)29-15(25)11-22-13-8-5-7-12-16(13)19(28)23(18(12)27)14(9-6-10-24)17(26)21-4/h5,7-8,10,14,22H,6,9,11H2,1-4H3,(H,21,26). The molecule has 2 rings (SSSR count). The first kappa shape index (κ1) is 22.1. The van der Waals surface area contributed by atoms with Gasteiger partial charge in [-0.2, -0.15) is 0 Å². The molecular weight excluding hydrogens is 378 g/mol. The Kier molecular flexibility index (Phi) is 6.73. The molecule has 0 saturated carbocycles. The van der Waals surface area contributed by atoms with E-state index in [2.05, 4.69) is 10.6 Å². The second kappa shape index (κ2) is 8.85. The van der Waals surface area contributed by atoms with E-state index in [0.29, 0.717) is 12.0 Å². The number of benzene rings is 1. The van der Waals surface area contributed by atoms with Crippen LogP contribution in [0.1, 0.15) is 54.3 Å². The van der Waals surface area contributed by atoms with Gasteiger partial charge in [-0.1, -0.05) is 6.07 Å². The Morgan fingerprint density at radius 3 is 2.48 bits per heavy atom. The van der Waals surface area contributed by atoms with Crippen LogP contribution in [0.5, 0.6) is 0 Å². The summed E-state index contributed by atoms with van der Waals surface area (Å²) in [5.74, 6) is -2.33. The number of likely N-dealkylation sites (N-methyl/N-ethyl adjacent to an activating group) is 1. The first-order chi connectivity index (χ1) is 13.6. The van der Waals surface area contributed by atoms with E-state index in [-0.39, 0.29) is 30.5 Å². The molecular formula is C20H25N3O6. The third kappa shape index (κ3) is 4.98. The number of esters is 1. The van der Waals surface area contributed by atoms with Gasteiger partial charge in [0, 0.05) is 19.2 Å². The molecule has 0 spiro atoms. The molecule has 9 nitrogen and oxygen atoms in total.